The molecule has 2 heterocycles. The van der Waals surface area contributed by atoms with Crippen LogP contribution in [0.3, 0.4) is 0 Å². The number of ether oxygens (including phenoxy) is 1. The zero-order valence-corrected chi connectivity index (χ0v) is 16.5. The lowest BCUT2D eigenvalue weighted by molar-refractivity contribution is 0.0695. The fraction of sp³-hybridized carbons (Fsp3) is 0.316. The monoisotopic (exact) mass is 419 g/mol. The molecule has 1 saturated heterocycles. The van der Waals surface area contributed by atoms with Gasteiger partial charge in [-0.1, -0.05) is 6.07 Å². The molecule has 1 aliphatic heterocycles. The van der Waals surface area contributed by atoms with E-state index in [1.165, 1.54) is 13.2 Å². The van der Waals surface area contributed by atoms with E-state index in [0.29, 0.717) is 12.3 Å². The molecule has 0 saturated carbocycles. The van der Waals surface area contributed by atoms with Crippen LogP contribution in [0.4, 0.5) is 5.82 Å². The van der Waals surface area contributed by atoms with Gasteiger partial charge < -0.3 is 25.7 Å². The number of thioether (sulfide) groups is 1. The SMILES string of the molecule is COc1ccc(-c2c(C(=O)O)c(N)[nH]c(=O)c2C(=O)O)cc1CN1CCSCC1. The highest BCUT2D eigenvalue weighted by atomic mass is 32.2. The number of nitrogens with two attached hydrogens (primary N) is 1. The third-order valence-electron chi connectivity index (χ3n) is 4.74. The number of benzene rings is 1. The van der Waals surface area contributed by atoms with Crippen LogP contribution >= 0.6 is 11.8 Å². The largest absolute Gasteiger partial charge is 0.496 e. The fourth-order valence-corrected chi connectivity index (χ4v) is 4.37. The molecule has 1 aromatic carbocycles. The number of aromatic nitrogens is 1. The average molecular weight is 419 g/mol. The van der Waals surface area contributed by atoms with Crippen molar-refractivity contribution in [1.82, 2.24) is 9.88 Å². The third-order valence-corrected chi connectivity index (χ3v) is 5.68. The summed E-state index contributed by atoms with van der Waals surface area (Å²) in [5.41, 5.74) is 4.46. The van der Waals surface area contributed by atoms with Crippen LogP contribution in [0.15, 0.2) is 23.0 Å². The standard InChI is InChI=1S/C19H21N3O6S/c1-28-12-3-2-10(8-11(12)9-22-4-6-29-7-5-22)13-14(18(24)25)16(20)21-17(23)15(13)19(26)27/h2-3,8H,4-7,9H2,1H3,(H,24,25)(H,26,27)(H3,20,21,23). The number of aromatic amines is 1. The second-order valence-electron chi connectivity index (χ2n) is 6.52. The Morgan fingerprint density at radius 2 is 1.86 bits per heavy atom. The van der Waals surface area contributed by atoms with E-state index < -0.39 is 34.4 Å². The van der Waals surface area contributed by atoms with Crippen LogP contribution in [0, 0.1) is 0 Å². The quantitative estimate of drug-likeness (QED) is 0.548. The molecule has 1 aromatic heterocycles. The fourth-order valence-electron chi connectivity index (χ4n) is 3.39. The van der Waals surface area contributed by atoms with Gasteiger partial charge in [-0.25, -0.2) is 9.59 Å². The second kappa shape index (κ2) is 8.58. The summed E-state index contributed by atoms with van der Waals surface area (Å²) in [6.07, 6.45) is 0. The first kappa shape index (κ1) is 20.7. The minimum atomic E-state index is -1.53. The van der Waals surface area contributed by atoms with Crippen LogP contribution < -0.4 is 16.0 Å². The van der Waals surface area contributed by atoms with Gasteiger partial charge in [-0.15, -0.1) is 0 Å². The topological polar surface area (TPSA) is 146 Å². The molecule has 0 aliphatic carbocycles. The summed E-state index contributed by atoms with van der Waals surface area (Å²) in [4.78, 5) is 40.1. The number of pyridine rings is 1. The molecule has 10 heteroatoms. The number of carboxylic acid groups (broad SMARTS) is 2. The third kappa shape index (κ3) is 4.22. The molecular weight excluding hydrogens is 398 g/mol. The van der Waals surface area contributed by atoms with Gasteiger partial charge in [0, 0.05) is 42.3 Å². The van der Waals surface area contributed by atoms with Crippen LogP contribution in [-0.4, -0.2) is 63.7 Å². The summed E-state index contributed by atoms with van der Waals surface area (Å²) in [5.74, 6) is -0.736. The Morgan fingerprint density at radius 1 is 1.21 bits per heavy atom. The van der Waals surface area contributed by atoms with E-state index >= 15 is 0 Å². The maximum absolute atomic E-state index is 12.2. The van der Waals surface area contributed by atoms with Crippen molar-refractivity contribution in [2.45, 2.75) is 6.54 Å². The predicted octanol–water partition coefficient (Wildman–Crippen LogP) is 1.58. The molecule has 9 nitrogen and oxygen atoms in total. The van der Waals surface area contributed by atoms with Gasteiger partial charge >= 0.3 is 11.9 Å². The second-order valence-corrected chi connectivity index (χ2v) is 7.74. The van der Waals surface area contributed by atoms with Crippen molar-refractivity contribution in [1.29, 1.82) is 0 Å². The molecule has 0 radical (unpaired) electrons. The zero-order chi connectivity index (χ0) is 21.1. The molecule has 154 valence electrons. The van der Waals surface area contributed by atoms with Crippen LogP contribution in [-0.2, 0) is 6.54 Å². The van der Waals surface area contributed by atoms with Crippen molar-refractivity contribution < 1.29 is 24.5 Å². The molecular formula is C19H21N3O6S. The maximum Gasteiger partial charge on any atom is 0.342 e. The molecule has 5 N–H and O–H groups in total. The van der Waals surface area contributed by atoms with Crippen molar-refractivity contribution in [2.75, 3.05) is 37.4 Å². The van der Waals surface area contributed by atoms with Crippen molar-refractivity contribution in [3.8, 4) is 16.9 Å². The number of carbonyl (C=O) groups is 2. The Balaban J connectivity index is 2.20. The maximum atomic E-state index is 12.2. The molecule has 0 spiro atoms. The lowest BCUT2D eigenvalue weighted by Crippen LogP contribution is -2.32. The van der Waals surface area contributed by atoms with Gasteiger partial charge in [0.25, 0.3) is 5.56 Å². The zero-order valence-electron chi connectivity index (χ0n) is 15.7. The molecule has 0 atom stereocenters. The molecule has 29 heavy (non-hydrogen) atoms. The van der Waals surface area contributed by atoms with Gasteiger partial charge in [0.2, 0.25) is 0 Å². The number of nitrogens with zero attached hydrogens (tertiary/aromatic N) is 1. The van der Waals surface area contributed by atoms with Gasteiger partial charge in [-0.3, -0.25) is 9.69 Å². The lowest BCUT2D eigenvalue weighted by atomic mass is 9.94. The number of nitrogen functional groups attached to an aromatic ring is 1. The van der Waals surface area contributed by atoms with Gasteiger partial charge in [-0.2, -0.15) is 11.8 Å². The molecule has 0 unspecified atom stereocenters. The highest BCUT2D eigenvalue weighted by Crippen LogP contribution is 2.33. The van der Waals surface area contributed by atoms with E-state index in [4.69, 9.17) is 10.5 Å². The first-order valence-electron chi connectivity index (χ1n) is 8.83. The van der Waals surface area contributed by atoms with E-state index in [-0.39, 0.29) is 11.1 Å². The van der Waals surface area contributed by atoms with Gasteiger partial charge in [-0.05, 0) is 17.7 Å². The highest BCUT2D eigenvalue weighted by Gasteiger charge is 2.27. The van der Waals surface area contributed by atoms with E-state index in [1.807, 2.05) is 11.8 Å². The van der Waals surface area contributed by atoms with Crippen molar-refractivity contribution in [2.24, 2.45) is 0 Å². The first-order chi connectivity index (χ1) is 13.8. The van der Waals surface area contributed by atoms with Gasteiger partial charge in [0.15, 0.2) is 0 Å². The predicted molar refractivity (Wildman–Crippen MR) is 110 cm³/mol. The first-order valence-corrected chi connectivity index (χ1v) is 9.98. The van der Waals surface area contributed by atoms with Crippen LogP contribution in [0.2, 0.25) is 0 Å². The Hall–Kier alpha value is -2.98. The average Bonchev–Trinajstić information content (AvgIpc) is 2.67. The normalized spacial score (nSPS) is 14.5. The summed E-state index contributed by atoms with van der Waals surface area (Å²) in [6, 6.07) is 4.83. The number of hydrogen-bond acceptors (Lipinski definition) is 7. The molecule has 1 fully saturated rings. The van der Waals surface area contributed by atoms with Crippen molar-refractivity contribution in [3.63, 3.8) is 0 Å². The Labute approximate surface area is 170 Å². The number of anilines is 1. The molecule has 3 rings (SSSR count). The van der Waals surface area contributed by atoms with Crippen LogP contribution in [0.5, 0.6) is 5.75 Å². The Morgan fingerprint density at radius 3 is 2.45 bits per heavy atom. The summed E-state index contributed by atoms with van der Waals surface area (Å²) < 4.78 is 5.42. The van der Waals surface area contributed by atoms with Crippen LogP contribution in [0.25, 0.3) is 11.1 Å². The van der Waals surface area contributed by atoms with E-state index in [0.717, 1.165) is 30.2 Å². The summed E-state index contributed by atoms with van der Waals surface area (Å²) >= 11 is 1.88. The number of hydrogen-bond donors (Lipinski definition) is 4. The number of H-pyrrole nitrogens is 1. The molecule has 2 aromatic rings. The molecule has 0 amide bonds. The summed E-state index contributed by atoms with van der Waals surface area (Å²) in [7, 11) is 1.53. The lowest BCUT2D eigenvalue weighted by Gasteiger charge is -2.27. The number of aromatic carboxylic acids is 2. The number of carboxylic acids is 2. The van der Waals surface area contributed by atoms with E-state index in [1.54, 1.807) is 12.1 Å². The van der Waals surface area contributed by atoms with Crippen LogP contribution in [0.1, 0.15) is 26.3 Å². The summed E-state index contributed by atoms with van der Waals surface area (Å²) in [5, 5.41) is 19.2. The Bertz CT molecular complexity index is 1010. The van der Waals surface area contributed by atoms with Gasteiger partial charge in [0.1, 0.15) is 22.7 Å². The van der Waals surface area contributed by atoms with Gasteiger partial charge in [0.05, 0.1) is 7.11 Å². The van der Waals surface area contributed by atoms with E-state index in [2.05, 4.69) is 9.88 Å². The minimum absolute atomic E-state index is 0.218. The minimum Gasteiger partial charge on any atom is -0.496 e. The van der Waals surface area contributed by atoms with E-state index in [9.17, 15) is 24.6 Å². The van der Waals surface area contributed by atoms with Crippen molar-refractivity contribution >= 4 is 29.5 Å². The molecule has 1 aliphatic rings. The molecule has 0 bridgehead atoms. The Kier molecular flexibility index (Phi) is 6.14. The van der Waals surface area contributed by atoms with Crippen molar-refractivity contribution in [3.05, 3.63) is 45.2 Å². The summed E-state index contributed by atoms with van der Waals surface area (Å²) in [6.45, 7) is 2.36. The number of rotatable bonds is 6. The highest BCUT2D eigenvalue weighted by molar-refractivity contribution is 7.99. The number of methoxy groups -OCH3 is 1. The smallest absolute Gasteiger partial charge is 0.342 e. The number of nitrogens with one attached hydrogen (secondary N) is 1.